The molecule has 0 aliphatic heterocycles. The fourth-order valence-corrected chi connectivity index (χ4v) is 3.57. The van der Waals surface area contributed by atoms with Gasteiger partial charge in [0.15, 0.2) is 0 Å². The first-order valence-electron chi connectivity index (χ1n) is 7.26. The van der Waals surface area contributed by atoms with Crippen molar-refractivity contribution in [2.24, 2.45) is 0 Å². The van der Waals surface area contributed by atoms with Gasteiger partial charge >= 0.3 is 0 Å². The highest BCUT2D eigenvalue weighted by Crippen LogP contribution is 2.27. The first-order valence-corrected chi connectivity index (χ1v) is 9.12. The van der Waals surface area contributed by atoms with E-state index in [0.717, 1.165) is 5.76 Å². The van der Waals surface area contributed by atoms with E-state index in [1.807, 2.05) is 6.07 Å². The number of hydrogen-bond donors (Lipinski definition) is 1. The van der Waals surface area contributed by atoms with Gasteiger partial charge in [-0.05, 0) is 43.3 Å². The fourth-order valence-electron chi connectivity index (χ4n) is 2.27. The molecule has 0 spiro atoms. The van der Waals surface area contributed by atoms with Crippen LogP contribution in [0.25, 0.3) is 0 Å². The topological polar surface area (TPSA) is 79.6 Å². The molecule has 0 unspecified atom stereocenters. The van der Waals surface area contributed by atoms with Crippen molar-refractivity contribution in [2.45, 2.75) is 17.7 Å². The van der Waals surface area contributed by atoms with Crippen LogP contribution < -0.4 is 4.72 Å². The third-order valence-electron chi connectivity index (χ3n) is 3.57. The quantitative estimate of drug-likeness (QED) is 0.846. The molecular weight excluding hydrogens is 352 g/mol. The molecule has 8 heteroatoms. The number of aryl methyl sites for hydroxylation is 2. The predicted molar refractivity (Wildman–Crippen MR) is 91.8 cm³/mol. The molecule has 1 N–H and O–H groups in total. The largest absolute Gasteiger partial charge is 0.469 e. The SMILES string of the molecule is CNS(=O)(=O)c1cc(C(=O)N(C)C)c(CCc2ccco2)cc1Cl. The maximum atomic E-state index is 12.4. The zero-order valence-corrected chi connectivity index (χ0v) is 15.2. The van der Waals surface area contributed by atoms with Gasteiger partial charge in [0.25, 0.3) is 5.91 Å². The minimum atomic E-state index is -3.76. The van der Waals surface area contributed by atoms with Gasteiger partial charge in [-0.1, -0.05) is 11.6 Å². The van der Waals surface area contributed by atoms with E-state index >= 15 is 0 Å². The number of carbonyl (C=O) groups excluding carboxylic acids is 1. The monoisotopic (exact) mass is 370 g/mol. The minimum Gasteiger partial charge on any atom is -0.469 e. The zero-order chi connectivity index (χ0) is 17.9. The predicted octanol–water partition coefficient (Wildman–Crippen LogP) is 2.33. The highest BCUT2D eigenvalue weighted by molar-refractivity contribution is 7.89. The van der Waals surface area contributed by atoms with Crippen LogP contribution in [0.2, 0.25) is 5.02 Å². The van der Waals surface area contributed by atoms with E-state index in [2.05, 4.69) is 4.72 Å². The third kappa shape index (κ3) is 3.98. The molecule has 24 heavy (non-hydrogen) atoms. The van der Waals surface area contributed by atoms with E-state index in [-0.39, 0.29) is 15.8 Å². The van der Waals surface area contributed by atoms with Crippen molar-refractivity contribution in [3.63, 3.8) is 0 Å². The Balaban J connectivity index is 2.48. The highest BCUT2D eigenvalue weighted by Gasteiger charge is 2.22. The molecule has 0 fully saturated rings. The van der Waals surface area contributed by atoms with E-state index in [0.29, 0.717) is 24.0 Å². The van der Waals surface area contributed by atoms with Crippen LogP contribution in [0.15, 0.2) is 39.8 Å². The summed E-state index contributed by atoms with van der Waals surface area (Å²) in [6.07, 6.45) is 2.66. The number of hydrogen-bond acceptors (Lipinski definition) is 4. The molecule has 1 heterocycles. The van der Waals surface area contributed by atoms with Crippen molar-refractivity contribution < 1.29 is 17.6 Å². The van der Waals surface area contributed by atoms with Crippen LogP contribution >= 0.6 is 11.6 Å². The summed E-state index contributed by atoms with van der Waals surface area (Å²) in [6, 6.07) is 6.49. The number of sulfonamides is 1. The Labute approximate surface area is 146 Å². The Kier molecular flexibility index (Phi) is 5.69. The summed E-state index contributed by atoms with van der Waals surface area (Å²) in [5.74, 6) is 0.495. The van der Waals surface area contributed by atoms with E-state index in [9.17, 15) is 13.2 Å². The summed E-state index contributed by atoms with van der Waals surface area (Å²) in [7, 11) is 0.760. The van der Waals surface area contributed by atoms with Crippen molar-refractivity contribution in [2.75, 3.05) is 21.1 Å². The van der Waals surface area contributed by atoms with Crippen molar-refractivity contribution in [3.8, 4) is 0 Å². The number of halogens is 1. The van der Waals surface area contributed by atoms with Gasteiger partial charge < -0.3 is 9.32 Å². The second-order valence-electron chi connectivity index (χ2n) is 5.43. The average molecular weight is 371 g/mol. The van der Waals surface area contributed by atoms with Crippen molar-refractivity contribution in [1.82, 2.24) is 9.62 Å². The van der Waals surface area contributed by atoms with E-state index < -0.39 is 10.0 Å². The van der Waals surface area contributed by atoms with E-state index in [4.69, 9.17) is 16.0 Å². The summed E-state index contributed by atoms with van der Waals surface area (Å²) < 4.78 is 31.7. The van der Waals surface area contributed by atoms with Gasteiger partial charge in [-0.15, -0.1) is 0 Å². The number of nitrogens with one attached hydrogen (secondary N) is 1. The lowest BCUT2D eigenvalue weighted by molar-refractivity contribution is 0.0826. The lowest BCUT2D eigenvalue weighted by Gasteiger charge is -2.16. The lowest BCUT2D eigenvalue weighted by atomic mass is 10.0. The number of rotatable bonds is 6. The van der Waals surface area contributed by atoms with E-state index in [1.54, 1.807) is 26.4 Å². The van der Waals surface area contributed by atoms with E-state index in [1.165, 1.54) is 24.1 Å². The van der Waals surface area contributed by atoms with Gasteiger partial charge in [0.05, 0.1) is 11.3 Å². The second kappa shape index (κ2) is 7.38. The number of nitrogens with zero attached hydrogens (tertiary/aromatic N) is 1. The number of furan rings is 1. The fraction of sp³-hybridized carbons (Fsp3) is 0.312. The average Bonchev–Trinajstić information content (AvgIpc) is 3.05. The van der Waals surface area contributed by atoms with Gasteiger partial charge in [0, 0.05) is 26.1 Å². The van der Waals surface area contributed by atoms with Crippen molar-refractivity contribution in [1.29, 1.82) is 0 Å². The molecule has 0 saturated heterocycles. The summed E-state index contributed by atoms with van der Waals surface area (Å²) in [5, 5.41) is 0.0779. The molecule has 0 aliphatic rings. The Morgan fingerprint density at radius 1 is 1.29 bits per heavy atom. The number of benzene rings is 1. The van der Waals surface area contributed by atoms with Crippen LogP contribution in [0, 0.1) is 0 Å². The molecular formula is C16H19ClN2O4S. The van der Waals surface area contributed by atoms with Crippen molar-refractivity contribution >= 4 is 27.5 Å². The first kappa shape index (κ1) is 18.5. The molecule has 0 saturated carbocycles. The normalized spacial score (nSPS) is 11.5. The lowest BCUT2D eigenvalue weighted by Crippen LogP contribution is -2.25. The minimum absolute atomic E-state index is 0.0779. The Morgan fingerprint density at radius 2 is 2.00 bits per heavy atom. The van der Waals surface area contributed by atoms with Crippen LogP contribution in [-0.4, -0.2) is 40.4 Å². The molecule has 0 bridgehead atoms. The van der Waals surface area contributed by atoms with Crippen LogP contribution in [0.4, 0.5) is 0 Å². The van der Waals surface area contributed by atoms with Crippen LogP contribution in [-0.2, 0) is 22.9 Å². The van der Waals surface area contributed by atoms with Gasteiger partial charge in [0.2, 0.25) is 10.0 Å². The van der Waals surface area contributed by atoms with Gasteiger partial charge in [-0.2, -0.15) is 0 Å². The van der Waals surface area contributed by atoms with Crippen LogP contribution in [0.5, 0.6) is 0 Å². The molecule has 0 aliphatic carbocycles. The maximum Gasteiger partial charge on any atom is 0.253 e. The Bertz CT molecular complexity index is 830. The number of amides is 1. The van der Waals surface area contributed by atoms with Gasteiger partial charge in [-0.25, -0.2) is 13.1 Å². The molecule has 130 valence electrons. The van der Waals surface area contributed by atoms with Crippen LogP contribution in [0.3, 0.4) is 0 Å². The maximum absolute atomic E-state index is 12.4. The molecule has 1 aromatic carbocycles. The Hall–Kier alpha value is -1.83. The molecule has 0 radical (unpaired) electrons. The molecule has 2 aromatic rings. The van der Waals surface area contributed by atoms with Crippen molar-refractivity contribution in [3.05, 3.63) is 52.4 Å². The summed E-state index contributed by atoms with van der Waals surface area (Å²) >= 11 is 6.14. The summed E-state index contributed by atoms with van der Waals surface area (Å²) in [6.45, 7) is 0. The smallest absolute Gasteiger partial charge is 0.253 e. The molecule has 6 nitrogen and oxygen atoms in total. The molecule has 0 atom stereocenters. The highest BCUT2D eigenvalue weighted by atomic mass is 35.5. The summed E-state index contributed by atoms with van der Waals surface area (Å²) in [5.41, 5.74) is 0.981. The third-order valence-corrected chi connectivity index (χ3v) is 5.45. The number of carbonyl (C=O) groups is 1. The zero-order valence-electron chi connectivity index (χ0n) is 13.7. The summed E-state index contributed by atoms with van der Waals surface area (Å²) in [4.78, 5) is 13.7. The molecule has 2 rings (SSSR count). The van der Waals surface area contributed by atoms with Crippen LogP contribution in [0.1, 0.15) is 21.7 Å². The molecule has 1 aromatic heterocycles. The Morgan fingerprint density at radius 3 is 2.54 bits per heavy atom. The second-order valence-corrected chi connectivity index (χ2v) is 7.69. The standard InChI is InChI=1S/C16H19ClN2O4S/c1-18-24(21,22)15-10-13(16(20)19(2)3)11(9-14(15)17)6-7-12-5-4-8-23-12/h4-5,8-10,18H,6-7H2,1-3H3. The van der Waals surface area contributed by atoms with Gasteiger partial charge in [0.1, 0.15) is 10.7 Å². The first-order chi connectivity index (χ1) is 11.3. The van der Waals surface area contributed by atoms with Gasteiger partial charge in [-0.3, -0.25) is 4.79 Å². The molecule has 1 amide bonds.